The monoisotopic (exact) mass is 172 g/mol. The number of rotatable bonds is 2. The van der Waals surface area contributed by atoms with E-state index in [0.29, 0.717) is 10.7 Å². The summed E-state index contributed by atoms with van der Waals surface area (Å²) in [6.07, 6.45) is 3.75. The molecule has 1 aromatic rings. The SMILES string of the molecule is O=[N+]([O-])/C=C/c1cc(Cl)c[nH]1. The number of nitrogens with zero attached hydrogens (tertiary/aromatic N) is 1. The molecule has 1 rings (SSSR count). The molecule has 0 saturated heterocycles. The predicted octanol–water partition coefficient (Wildman–Crippen LogP) is 1.92. The lowest BCUT2D eigenvalue weighted by Crippen LogP contribution is -1.81. The molecule has 1 aromatic heterocycles. The van der Waals surface area contributed by atoms with Gasteiger partial charge in [-0.2, -0.15) is 0 Å². The summed E-state index contributed by atoms with van der Waals surface area (Å²) in [5.41, 5.74) is 0.617. The lowest BCUT2D eigenvalue weighted by Gasteiger charge is -1.79. The molecule has 1 heterocycles. The highest BCUT2D eigenvalue weighted by Gasteiger charge is 1.92. The first kappa shape index (κ1) is 7.81. The highest BCUT2D eigenvalue weighted by atomic mass is 35.5. The Morgan fingerprint density at radius 2 is 2.45 bits per heavy atom. The molecule has 5 heteroatoms. The van der Waals surface area contributed by atoms with Crippen LogP contribution in [0.2, 0.25) is 5.02 Å². The zero-order valence-electron chi connectivity index (χ0n) is 5.45. The van der Waals surface area contributed by atoms with Crippen molar-refractivity contribution in [2.24, 2.45) is 0 Å². The molecule has 0 spiro atoms. The van der Waals surface area contributed by atoms with Crippen LogP contribution < -0.4 is 0 Å². The van der Waals surface area contributed by atoms with Gasteiger partial charge in [-0.05, 0) is 6.07 Å². The van der Waals surface area contributed by atoms with Gasteiger partial charge in [0.15, 0.2) is 0 Å². The van der Waals surface area contributed by atoms with E-state index in [0.717, 1.165) is 6.20 Å². The number of hydrogen-bond donors (Lipinski definition) is 1. The largest absolute Gasteiger partial charge is 0.360 e. The van der Waals surface area contributed by atoms with E-state index in [4.69, 9.17) is 11.6 Å². The van der Waals surface area contributed by atoms with Crippen molar-refractivity contribution in [1.29, 1.82) is 0 Å². The third kappa shape index (κ3) is 2.43. The Morgan fingerprint density at radius 3 is 2.91 bits per heavy atom. The first-order valence-corrected chi connectivity index (χ1v) is 3.22. The highest BCUT2D eigenvalue weighted by Crippen LogP contribution is 2.10. The molecule has 0 aliphatic carbocycles. The minimum absolute atomic E-state index is 0.533. The van der Waals surface area contributed by atoms with Gasteiger partial charge in [0, 0.05) is 18.0 Å². The van der Waals surface area contributed by atoms with Crippen molar-refractivity contribution < 1.29 is 4.92 Å². The van der Waals surface area contributed by atoms with Crippen LogP contribution in [0.15, 0.2) is 18.5 Å². The highest BCUT2D eigenvalue weighted by molar-refractivity contribution is 6.30. The average molecular weight is 173 g/mol. The van der Waals surface area contributed by atoms with E-state index < -0.39 is 4.92 Å². The second kappa shape index (κ2) is 3.21. The Hall–Kier alpha value is -1.29. The van der Waals surface area contributed by atoms with Crippen LogP contribution in [-0.2, 0) is 0 Å². The van der Waals surface area contributed by atoms with Gasteiger partial charge >= 0.3 is 0 Å². The Kier molecular flexibility index (Phi) is 2.28. The molecule has 1 N–H and O–H groups in total. The van der Waals surface area contributed by atoms with Crippen LogP contribution >= 0.6 is 11.6 Å². The first-order chi connectivity index (χ1) is 5.18. The van der Waals surface area contributed by atoms with Crippen LogP contribution in [0.25, 0.3) is 6.08 Å². The molecule has 0 atom stereocenters. The average Bonchev–Trinajstić information content (AvgIpc) is 2.31. The smallest absolute Gasteiger partial charge is 0.236 e. The zero-order chi connectivity index (χ0) is 8.27. The summed E-state index contributed by atoms with van der Waals surface area (Å²) in [7, 11) is 0. The summed E-state index contributed by atoms with van der Waals surface area (Å²) in [5.74, 6) is 0. The third-order valence-corrected chi connectivity index (χ3v) is 1.26. The van der Waals surface area contributed by atoms with Crippen LogP contribution in [0.5, 0.6) is 0 Å². The van der Waals surface area contributed by atoms with Crippen LogP contribution in [0.3, 0.4) is 0 Å². The quantitative estimate of drug-likeness (QED) is 0.547. The van der Waals surface area contributed by atoms with Gasteiger partial charge in [0.1, 0.15) is 0 Å². The minimum atomic E-state index is -0.533. The van der Waals surface area contributed by atoms with Crippen molar-refractivity contribution in [2.75, 3.05) is 0 Å². The van der Waals surface area contributed by atoms with E-state index in [-0.39, 0.29) is 0 Å². The summed E-state index contributed by atoms with van der Waals surface area (Å²) in [6.45, 7) is 0. The van der Waals surface area contributed by atoms with Crippen molar-refractivity contribution in [3.05, 3.63) is 39.3 Å². The molecule has 0 bridgehead atoms. The second-order valence-corrected chi connectivity index (χ2v) is 2.31. The Bertz CT molecular complexity index is 293. The van der Waals surface area contributed by atoms with Crippen molar-refractivity contribution in [3.8, 4) is 0 Å². The molecule has 0 aromatic carbocycles. The third-order valence-electron chi connectivity index (χ3n) is 1.05. The molecule has 0 amide bonds. The number of nitrogens with one attached hydrogen (secondary N) is 1. The first-order valence-electron chi connectivity index (χ1n) is 2.84. The lowest BCUT2D eigenvalue weighted by atomic mass is 10.4. The molecule has 0 fully saturated rings. The molecule has 0 radical (unpaired) electrons. The molecular weight excluding hydrogens is 168 g/mol. The number of nitro groups is 1. The maximum Gasteiger partial charge on any atom is 0.236 e. The number of halogens is 1. The molecule has 0 unspecified atom stereocenters. The standard InChI is InChI=1S/C6H5ClN2O2/c7-5-3-6(8-4-5)1-2-9(10)11/h1-4,8H/b2-1+. The molecule has 0 aliphatic heterocycles. The number of aromatic amines is 1. The van der Waals surface area contributed by atoms with Crippen LogP contribution in [0, 0.1) is 10.1 Å². The normalized spacial score (nSPS) is 10.6. The van der Waals surface area contributed by atoms with E-state index in [1.165, 1.54) is 6.08 Å². The molecule has 4 nitrogen and oxygen atoms in total. The summed E-state index contributed by atoms with van der Waals surface area (Å²) in [4.78, 5) is 12.1. The fraction of sp³-hybridized carbons (Fsp3) is 0. The van der Waals surface area contributed by atoms with E-state index >= 15 is 0 Å². The fourth-order valence-electron chi connectivity index (χ4n) is 0.622. The summed E-state index contributed by atoms with van der Waals surface area (Å²) < 4.78 is 0. The number of H-pyrrole nitrogens is 1. The van der Waals surface area contributed by atoms with Gasteiger partial charge < -0.3 is 4.98 Å². The van der Waals surface area contributed by atoms with Gasteiger partial charge in [-0.3, -0.25) is 10.1 Å². The minimum Gasteiger partial charge on any atom is -0.360 e. The Morgan fingerprint density at radius 1 is 1.73 bits per heavy atom. The summed E-state index contributed by atoms with van der Waals surface area (Å²) in [6, 6.07) is 1.60. The predicted molar refractivity (Wildman–Crippen MR) is 41.8 cm³/mol. The van der Waals surface area contributed by atoms with E-state index in [1.54, 1.807) is 12.3 Å². The number of hydrogen-bond acceptors (Lipinski definition) is 2. The van der Waals surface area contributed by atoms with Gasteiger partial charge in [0.25, 0.3) is 0 Å². The van der Waals surface area contributed by atoms with Crippen LogP contribution in [0.1, 0.15) is 5.69 Å². The lowest BCUT2D eigenvalue weighted by molar-refractivity contribution is -0.401. The van der Waals surface area contributed by atoms with Gasteiger partial charge in [0.05, 0.1) is 9.95 Å². The second-order valence-electron chi connectivity index (χ2n) is 1.87. The molecule has 0 aliphatic rings. The summed E-state index contributed by atoms with van der Waals surface area (Å²) >= 11 is 5.54. The molecule has 11 heavy (non-hydrogen) atoms. The Labute approximate surface area is 67.6 Å². The molecular formula is C6H5ClN2O2. The maximum atomic E-state index is 9.85. The molecule has 58 valence electrons. The van der Waals surface area contributed by atoms with Crippen molar-refractivity contribution in [1.82, 2.24) is 4.98 Å². The van der Waals surface area contributed by atoms with Gasteiger partial charge in [-0.15, -0.1) is 0 Å². The zero-order valence-corrected chi connectivity index (χ0v) is 6.21. The topological polar surface area (TPSA) is 58.9 Å². The molecule has 0 saturated carbocycles. The maximum absolute atomic E-state index is 9.85. The fourth-order valence-corrected chi connectivity index (χ4v) is 0.794. The van der Waals surface area contributed by atoms with Crippen molar-refractivity contribution in [2.45, 2.75) is 0 Å². The van der Waals surface area contributed by atoms with E-state index in [9.17, 15) is 10.1 Å². The van der Waals surface area contributed by atoms with Gasteiger partial charge in [-0.1, -0.05) is 11.6 Å². The van der Waals surface area contributed by atoms with Crippen molar-refractivity contribution in [3.63, 3.8) is 0 Å². The van der Waals surface area contributed by atoms with Crippen LogP contribution in [0.4, 0.5) is 0 Å². The van der Waals surface area contributed by atoms with E-state index in [2.05, 4.69) is 4.98 Å². The van der Waals surface area contributed by atoms with Crippen molar-refractivity contribution >= 4 is 17.7 Å². The van der Waals surface area contributed by atoms with Crippen LogP contribution in [-0.4, -0.2) is 9.91 Å². The van der Waals surface area contributed by atoms with Gasteiger partial charge in [-0.25, -0.2) is 0 Å². The van der Waals surface area contributed by atoms with E-state index in [1.807, 2.05) is 0 Å². The summed E-state index contributed by atoms with van der Waals surface area (Å²) in [5, 5.41) is 10.4. The van der Waals surface area contributed by atoms with Gasteiger partial charge in [0.2, 0.25) is 6.20 Å². The number of aromatic nitrogens is 1. The Balaban J connectivity index is 2.71.